The fraction of sp³-hybridized carbons (Fsp3) is 0. The maximum absolute atomic E-state index is 10.7. The lowest BCUT2D eigenvalue weighted by molar-refractivity contribution is -0.113. The van der Waals surface area contributed by atoms with Crippen LogP contribution in [0.15, 0.2) is 48.8 Å². The van der Waals surface area contributed by atoms with Crippen LogP contribution in [-0.4, -0.2) is 15.5 Å². The van der Waals surface area contributed by atoms with E-state index >= 15 is 0 Å². The van der Waals surface area contributed by atoms with Crippen LogP contribution in [0.1, 0.15) is 5.69 Å². The van der Waals surface area contributed by atoms with Gasteiger partial charge >= 0.3 is 0 Å². The molecule has 80 valence electrons. The number of hydrogen-bond donors (Lipinski definition) is 1. The van der Waals surface area contributed by atoms with Crippen LogP contribution in [0.3, 0.4) is 0 Å². The fourth-order valence-corrected chi connectivity index (χ4v) is 1.40. The zero-order valence-electron chi connectivity index (χ0n) is 8.58. The lowest BCUT2D eigenvalue weighted by atomic mass is 10.3. The minimum Gasteiger partial charge on any atom is -0.366 e. The average molecular weight is 213 g/mol. The summed E-state index contributed by atoms with van der Waals surface area (Å²) in [4.78, 5) is 14.9. The van der Waals surface area contributed by atoms with Crippen molar-refractivity contribution in [3.8, 4) is 5.82 Å². The molecule has 0 saturated heterocycles. The second-order valence-electron chi connectivity index (χ2n) is 3.23. The van der Waals surface area contributed by atoms with Crippen LogP contribution in [-0.2, 0) is 4.79 Å². The molecular formula is C12H11N3O. The van der Waals surface area contributed by atoms with E-state index in [1.54, 1.807) is 12.3 Å². The van der Waals surface area contributed by atoms with Gasteiger partial charge in [-0.3, -0.25) is 4.79 Å². The van der Waals surface area contributed by atoms with Gasteiger partial charge in [0.25, 0.3) is 0 Å². The van der Waals surface area contributed by atoms with E-state index in [-0.39, 0.29) is 0 Å². The van der Waals surface area contributed by atoms with Crippen molar-refractivity contribution in [2.75, 3.05) is 0 Å². The summed E-state index contributed by atoms with van der Waals surface area (Å²) in [5, 5.41) is 0. The Morgan fingerprint density at radius 1 is 1.31 bits per heavy atom. The van der Waals surface area contributed by atoms with E-state index in [0.29, 0.717) is 0 Å². The Bertz CT molecular complexity index is 514. The smallest absolute Gasteiger partial charge is 0.241 e. The Hall–Kier alpha value is -2.36. The monoisotopic (exact) mass is 213 g/mol. The Morgan fingerprint density at radius 2 is 2.19 bits per heavy atom. The molecule has 16 heavy (non-hydrogen) atoms. The summed E-state index contributed by atoms with van der Waals surface area (Å²) >= 11 is 0. The summed E-state index contributed by atoms with van der Waals surface area (Å²) in [6, 6.07) is 9.42. The summed E-state index contributed by atoms with van der Waals surface area (Å²) in [5.41, 5.74) is 5.91. The highest BCUT2D eigenvalue weighted by Gasteiger charge is 2.00. The summed E-state index contributed by atoms with van der Waals surface area (Å²) in [7, 11) is 0. The second kappa shape index (κ2) is 4.44. The molecule has 0 aliphatic rings. The highest BCUT2D eigenvalue weighted by molar-refractivity contribution is 5.90. The summed E-state index contributed by atoms with van der Waals surface area (Å²) in [6.07, 6.45) is 6.59. The van der Waals surface area contributed by atoms with Crippen LogP contribution in [0.5, 0.6) is 0 Å². The highest BCUT2D eigenvalue weighted by Crippen LogP contribution is 2.11. The molecule has 2 rings (SSSR count). The topological polar surface area (TPSA) is 60.9 Å². The number of primary amides is 1. The lowest BCUT2D eigenvalue weighted by Crippen LogP contribution is -2.05. The molecule has 1 amide bonds. The standard InChI is InChI=1S/C12H11N3O/c13-11(16)7-6-10-4-3-9-15(10)12-5-1-2-8-14-12/h1-9H,(H2,13,16)/b7-6-. The third-order valence-electron chi connectivity index (χ3n) is 2.09. The van der Waals surface area contributed by atoms with Gasteiger partial charge in [-0.2, -0.15) is 0 Å². The van der Waals surface area contributed by atoms with Crippen molar-refractivity contribution in [3.05, 3.63) is 54.5 Å². The van der Waals surface area contributed by atoms with Crippen molar-refractivity contribution in [3.63, 3.8) is 0 Å². The summed E-state index contributed by atoms with van der Waals surface area (Å²) < 4.78 is 1.87. The zero-order chi connectivity index (χ0) is 11.4. The molecule has 0 radical (unpaired) electrons. The van der Waals surface area contributed by atoms with Crippen molar-refractivity contribution < 1.29 is 4.79 Å². The summed E-state index contributed by atoms with van der Waals surface area (Å²) in [5.74, 6) is 0.338. The van der Waals surface area contributed by atoms with Crippen LogP contribution < -0.4 is 5.73 Å². The molecule has 0 aromatic carbocycles. The largest absolute Gasteiger partial charge is 0.366 e. The minimum atomic E-state index is -0.464. The van der Waals surface area contributed by atoms with Crippen LogP contribution in [0.4, 0.5) is 0 Å². The molecule has 4 heteroatoms. The van der Waals surface area contributed by atoms with E-state index in [1.807, 2.05) is 41.1 Å². The van der Waals surface area contributed by atoms with Gasteiger partial charge in [0.2, 0.25) is 5.91 Å². The second-order valence-corrected chi connectivity index (χ2v) is 3.23. The number of carbonyl (C=O) groups excluding carboxylic acids is 1. The van der Waals surface area contributed by atoms with Crippen LogP contribution in [0.2, 0.25) is 0 Å². The highest BCUT2D eigenvalue weighted by atomic mass is 16.1. The normalized spacial score (nSPS) is 10.8. The maximum atomic E-state index is 10.7. The third-order valence-corrected chi connectivity index (χ3v) is 2.09. The van der Waals surface area contributed by atoms with Crippen LogP contribution in [0.25, 0.3) is 11.9 Å². The van der Waals surface area contributed by atoms with Crippen molar-refractivity contribution >= 4 is 12.0 Å². The predicted octanol–water partition coefficient (Wildman–Crippen LogP) is 1.37. The van der Waals surface area contributed by atoms with E-state index < -0.39 is 5.91 Å². The number of nitrogens with zero attached hydrogens (tertiary/aromatic N) is 2. The van der Waals surface area contributed by atoms with Gasteiger partial charge < -0.3 is 10.3 Å². The van der Waals surface area contributed by atoms with E-state index in [9.17, 15) is 4.79 Å². The molecule has 0 saturated carbocycles. The molecule has 0 bridgehead atoms. The average Bonchev–Trinajstić information content (AvgIpc) is 2.75. The predicted molar refractivity (Wildman–Crippen MR) is 61.8 cm³/mol. The Kier molecular flexibility index (Phi) is 2.82. The van der Waals surface area contributed by atoms with Crippen molar-refractivity contribution in [2.24, 2.45) is 5.73 Å². The first-order chi connectivity index (χ1) is 7.77. The molecule has 0 unspecified atom stereocenters. The molecule has 0 fully saturated rings. The van der Waals surface area contributed by atoms with Crippen molar-refractivity contribution in [1.29, 1.82) is 0 Å². The first kappa shape index (κ1) is 10.2. The number of carbonyl (C=O) groups is 1. The van der Waals surface area contributed by atoms with Gasteiger partial charge in [0, 0.05) is 24.2 Å². The van der Waals surface area contributed by atoms with Crippen LogP contribution in [0, 0.1) is 0 Å². The molecule has 0 spiro atoms. The quantitative estimate of drug-likeness (QED) is 0.783. The molecular weight excluding hydrogens is 202 g/mol. The Morgan fingerprint density at radius 3 is 2.88 bits per heavy atom. The Labute approximate surface area is 93.0 Å². The minimum absolute atomic E-state index is 0.464. The molecule has 0 aliphatic heterocycles. The molecule has 0 aliphatic carbocycles. The molecule has 2 N–H and O–H groups in total. The first-order valence-corrected chi connectivity index (χ1v) is 4.83. The number of hydrogen-bond acceptors (Lipinski definition) is 2. The summed E-state index contributed by atoms with van der Waals surface area (Å²) in [6.45, 7) is 0. The van der Waals surface area contributed by atoms with Gasteiger partial charge in [0.05, 0.1) is 0 Å². The molecule has 2 aromatic rings. The maximum Gasteiger partial charge on any atom is 0.241 e. The SMILES string of the molecule is NC(=O)/C=C\c1cccn1-c1ccccn1. The van der Waals surface area contributed by atoms with Crippen LogP contribution >= 0.6 is 0 Å². The van der Waals surface area contributed by atoms with Gasteiger partial charge in [-0.05, 0) is 30.3 Å². The first-order valence-electron chi connectivity index (χ1n) is 4.83. The van der Waals surface area contributed by atoms with Crippen molar-refractivity contribution in [1.82, 2.24) is 9.55 Å². The van der Waals surface area contributed by atoms with Gasteiger partial charge in [-0.15, -0.1) is 0 Å². The van der Waals surface area contributed by atoms with E-state index in [2.05, 4.69) is 4.98 Å². The number of amides is 1. The van der Waals surface area contributed by atoms with Crippen molar-refractivity contribution in [2.45, 2.75) is 0 Å². The zero-order valence-corrected chi connectivity index (χ0v) is 8.58. The number of pyridine rings is 1. The third kappa shape index (κ3) is 2.17. The lowest BCUT2D eigenvalue weighted by Gasteiger charge is -2.04. The van der Waals surface area contributed by atoms with E-state index in [4.69, 9.17) is 5.73 Å². The number of aromatic nitrogens is 2. The van der Waals surface area contributed by atoms with Gasteiger partial charge in [0.15, 0.2) is 0 Å². The Balaban J connectivity index is 2.37. The number of rotatable bonds is 3. The molecule has 2 aromatic heterocycles. The molecule has 4 nitrogen and oxygen atoms in total. The molecule has 0 atom stereocenters. The van der Waals surface area contributed by atoms with E-state index in [1.165, 1.54) is 6.08 Å². The van der Waals surface area contributed by atoms with Gasteiger partial charge in [-0.1, -0.05) is 6.07 Å². The fourth-order valence-electron chi connectivity index (χ4n) is 1.40. The number of nitrogens with two attached hydrogens (primary N) is 1. The molecule has 2 heterocycles. The van der Waals surface area contributed by atoms with E-state index in [0.717, 1.165) is 11.5 Å². The van der Waals surface area contributed by atoms with Gasteiger partial charge in [0.1, 0.15) is 5.82 Å². The van der Waals surface area contributed by atoms with Gasteiger partial charge in [-0.25, -0.2) is 4.98 Å².